The zero-order valence-electron chi connectivity index (χ0n) is 15.3. The number of hydrogen-bond donors (Lipinski definition) is 2. The zero-order valence-corrected chi connectivity index (χ0v) is 15.3. The average molecular weight is 370 g/mol. The zero-order chi connectivity index (χ0) is 18.8. The SMILES string of the molecule is O=C(N[C@@H]1C=C[C@H](CC(=O)N2CCc3ccccc3C2)O[C@H]1CO)C1CC1. The van der Waals surface area contributed by atoms with Gasteiger partial charge in [-0.2, -0.15) is 0 Å². The third-order valence-corrected chi connectivity index (χ3v) is 5.58. The van der Waals surface area contributed by atoms with Gasteiger partial charge in [0.05, 0.1) is 25.2 Å². The lowest BCUT2D eigenvalue weighted by atomic mass is 9.99. The van der Waals surface area contributed by atoms with E-state index in [-0.39, 0.29) is 42.9 Å². The summed E-state index contributed by atoms with van der Waals surface area (Å²) in [6.07, 6.45) is 5.79. The number of rotatable bonds is 5. The van der Waals surface area contributed by atoms with Gasteiger partial charge in [0.25, 0.3) is 0 Å². The van der Waals surface area contributed by atoms with Crippen molar-refractivity contribution in [3.05, 3.63) is 47.5 Å². The molecule has 27 heavy (non-hydrogen) atoms. The number of ether oxygens (including phenoxy) is 1. The van der Waals surface area contributed by atoms with Crippen molar-refractivity contribution in [2.45, 2.75) is 50.5 Å². The lowest BCUT2D eigenvalue weighted by molar-refractivity contribution is -0.137. The van der Waals surface area contributed by atoms with Gasteiger partial charge in [-0.3, -0.25) is 9.59 Å². The first-order chi connectivity index (χ1) is 13.1. The minimum Gasteiger partial charge on any atom is -0.394 e. The highest BCUT2D eigenvalue weighted by atomic mass is 16.5. The highest BCUT2D eigenvalue weighted by Gasteiger charge is 2.35. The van der Waals surface area contributed by atoms with E-state index in [0.29, 0.717) is 6.54 Å². The Morgan fingerprint density at radius 2 is 1.96 bits per heavy atom. The summed E-state index contributed by atoms with van der Waals surface area (Å²) in [4.78, 5) is 26.5. The number of aliphatic hydroxyl groups excluding tert-OH is 1. The van der Waals surface area contributed by atoms with Gasteiger partial charge in [0.2, 0.25) is 11.8 Å². The summed E-state index contributed by atoms with van der Waals surface area (Å²) in [5.74, 6) is 0.184. The number of nitrogens with one attached hydrogen (secondary N) is 1. The Morgan fingerprint density at radius 1 is 1.19 bits per heavy atom. The fourth-order valence-electron chi connectivity index (χ4n) is 3.77. The first-order valence-corrected chi connectivity index (χ1v) is 9.73. The van der Waals surface area contributed by atoms with Crippen LogP contribution in [0.1, 0.15) is 30.4 Å². The number of carbonyl (C=O) groups is 2. The standard InChI is InChI=1S/C21H26N2O4/c24-13-19-18(22-21(26)15-5-6-15)8-7-17(27-19)11-20(25)23-10-9-14-3-1-2-4-16(14)12-23/h1-4,7-8,15,17-19,24H,5-6,9-13H2,(H,22,26)/t17-,18-,19+/m1/s1. The molecule has 2 aliphatic heterocycles. The molecule has 0 bridgehead atoms. The minimum atomic E-state index is -0.516. The van der Waals surface area contributed by atoms with Gasteiger partial charge in [-0.1, -0.05) is 36.4 Å². The maximum atomic E-state index is 12.7. The molecule has 2 amide bonds. The van der Waals surface area contributed by atoms with E-state index in [2.05, 4.69) is 17.4 Å². The molecule has 144 valence electrons. The molecule has 3 aliphatic rings. The van der Waals surface area contributed by atoms with Crippen LogP contribution >= 0.6 is 0 Å². The van der Waals surface area contributed by atoms with Crippen LogP contribution in [-0.2, 0) is 27.3 Å². The summed E-state index contributed by atoms with van der Waals surface area (Å²) < 4.78 is 5.88. The van der Waals surface area contributed by atoms with Crippen molar-refractivity contribution in [2.24, 2.45) is 5.92 Å². The number of aliphatic hydroxyl groups is 1. The molecule has 2 heterocycles. The van der Waals surface area contributed by atoms with Crippen LogP contribution in [0, 0.1) is 5.92 Å². The fraction of sp³-hybridized carbons (Fsp3) is 0.524. The summed E-state index contributed by atoms with van der Waals surface area (Å²) in [7, 11) is 0. The number of carbonyl (C=O) groups excluding carboxylic acids is 2. The van der Waals surface area contributed by atoms with Crippen molar-refractivity contribution in [1.29, 1.82) is 0 Å². The molecule has 6 nitrogen and oxygen atoms in total. The molecule has 1 aliphatic carbocycles. The number of amides is 2. The Labute approximate surface area is 159 Å². The molecule has 6 heteroatoms. The summed E-state index contributed by atoms with van der Waals surface area (Å²) in [5, 5.41) is 12.6. The largest absolute Gasteiger partial charge is 0.394 e. The first kappa shape index (κ1) is 18.2. The molecule has 0 saturated heterocycles. The second-order valence-electron chi connectivity index (χ2n) is 7.63. The first-order valence-electron chi connectivity index (χ1n) is 9.73. The van der Waals surface area contributed by atoms with Crippen molar-refractivity contribution in [3.8, 4) is 0 Å². The van der Waals surface area contributed by atoms with Gasteiger partial charge in [-0.15, -0.1) is 0 Å². The van der Waals surface area contributed by atoms with Crippen molar-refractivity contribution in [2.75, 3.05) is 13.2 Å². The molecule has 1 aromatic rings. The topological polar surface area (TPSA) is 78.9 Å². The maximum Gasteiger partial charge on any atom is 0.225 e. The van der Waals surface area contributed by atoms with E-state index in [4.69, 9.17) is 4.74 Å². The Kier molecular flexibility index (Phi) is 5.27. The van der Waals surface area contributed by atoms with Crippen molar-refractivity contribution < 1.29 is 19.4 Å². The van der Waals surface area contributed by atoms with Gasteiger partial charge in [0, 0.05) is 19.0 Å². The predicted molar refractivity (Wildman–Crippen MR) is 99.7 cm³/mol. The second kappa shape index (κ2) is 7.82. The molecule has 0 radical (unpaired) electrons. The molecule has 1 saturated carbocycles. The molecule has 0 spiro atoms. The number of benzene rings is 1. The van der Waals surface area contributed by atoms with E-state index in [1.807, 2.05) is 29.2 Å². The second-order valence-corrected chi connectivity index (χ2v) is 7.63. The molecular weight excluding hydrogens is 344 g/mol. The summed E-state index contributed by atoms with van der Waals surface area (Å²) in [5.41, 5.74) is 2.51. The van der Waals surface area contributed by atoms with Crippen LogP contribution in [0.5, 0.6) is 0 Å². The van der Waals surface area contributed by atoms with Gasteiger partial charge in [0.1, 0.15) is 6.10 Å². The van der Waals surface area contributed by atoms with Crippen LogP contribution in [0.2, 0.25) is 0 Å². The van der Waals surface area contributed by atoms with E-state index >= 15 is 0 Å². The molecule has 0 unspecified atom stereocenters. The Balaban J connectivity index is 1.34. The van der Waals surface area contributed by atoms with Gasteiger partial charge in [-0.05, 0) is 30.4 Å². The molecular formula is C21H26N2O4. The molecule has 1 aromatic carbocycles. The van der Waals surface area contributed by atoms with E-state index in [1.54, 1.807) is 0 Å². The lowest BCUT2D eigenvalue weighted by Crippen LogP contribution is -2.49. The quantitative estimate of drug-likeness (QED) is 0.763. The van der Waals surface area contributed by atoms with Crippen LogP contribution < -0.4 is 5.32 Å². The van der Waals surface area contributed by atoms with E-state index in [9.17, 15) is 14.7 Å². The predicted octanol–water partition coefficient (Wildman–Crippen LogP) is 1.17. The van der Waals surface area contributed by atoms with E-state index in [1.165, 1.54) is 11.1 Å². The Morgan fingerprint density at radius 3 is 2.70 bits per heavy atom. The van der Waals surface area contributed by atoms with Gasteiger partial charge in [-0.25, -0.2) is 0 Å². The van der Waals surface area contributed by atoms with Gasteiger partial charge >= 0.3 is 0 Å². The molecule has 2 N–H and O–H groups in total. The van der Waals surface area contributed by atoms with E-state index < -0.39 is 6.10 Å². The minimum absolute atomic E-state index is 0.0215. The number of hydrogen-bond acceptors (Lipinski definition) is 4. The van der Waals surface area contributed by atoms with Crippen molar-refractivity contribution >= 4 is 11.8 Å². The fourth-order valence-corrected chi connectivity index (χ4v) is 3.77. The average Bonchev–Trinajstić information content (AvgIpc) is 3.54. The van der Waals surface area contributed by atoms with Crippen LogP contribution in [0.4, 0.5) is 0 Å². The third-order valence-electron chi connectivity index (χ3n) is 5.58. The smallest absolute Gasteiger partial charge is 0.225 e. The Bertz CT molecular complexity index is 743. The van der Waals surface area contributed by atoms with Gasteiger partial charge < -0.3 is 20.1 Å². The van der Waals surface area contributed by atoms with Crippen LogP contribution in [-0.4, -0.2) is 53.2 Å². The summed E-state index contributed by atoms with van der Waals surface area (Å²) in [6.45, 7) is 1.16. The summed E-state index contributed by atoms with van der Waals surface area (Å²) >= 11 is 0. The molecule has 4 rings (SSSR count). The summed E-state index contributed by atoms with van der Waals surface area (Å²) in [6, 6.07) is 7.88. The Hall–Kier alpha value is -2.18. The van der Waals surface area contributed by atoms with Crippen molar-refractivity contribution in [1.82, 2.24) is 10.2 Å². The van der Waals surface area contributed by atoms with Gasteiger partial charge in [0.15, 0.2) is 0 Å². The van der Waals surface area contributed by atoms with Crippen LogP contribution in [0.25, 0.3) is 0 Å². The molecule has 1 fully saturated rings. The molecule has 3 atom stereocenters. The molecule has 0 aromatic heterocycles. The lowest BCUT2D eigenvalue weighted by Gasteiger charge is -2.34. The van der Waals surface area contributed by atoms with Crippen molar-refractivity contribution in [3.63, 3.8) is 0 Å². The number of nitrogens with zero attached hydrogens (tertiary/aromatic N) is 1. The number of fused-ring (bicyclic) bond motifs is 1. The van der Waals surface area contributed by atoms with Crippen LogP contribution in [0.15, 0.2) is 36.4 Å². The maximum absolute atomic E-state index is 12.7. The normalized spacial score (nSPS) is 27.1. The highest BCUT2D eigenvalue weighted by molar-refractivity contribution is 5.81. The highest BCUT2D eigenvalue weighted by Crippen LogP contribution is 2.29. The van der Waals surface area contributed by atoms with Crippen LogP contribution in [0.3, 0.4) is 0 Å². The monoisotopic (exact) mass is 370 g/mol. The third kappa shape index (κ3) is 4.22. The van der Waals surface area contributed by atoms with E-state index in [0.717, 1.165) is 25.8 Å².